The molecular weight excluding hydrogens is 528 g/mol. The lowest BCUT2D eigenvalue weighted by atomic mass is 10.1. The summed E-state index contributed by atoms with van der Waals surface area (Å²) in [6.45, 7) is 5.74. The van der Waals surface area contributed by atoms with Gasteiger partial charge in [0.2, 0.25) is 0 Å². The third-order valence-corrected chi connectivity index (χ3v) is 6.97. The van der Waals surface area contributed by atoms with Gasteiger partial charge in [0, 0.05) is 0 Å². The smallest absolute Gasteiger partial charge is 0.343 e. The molecule has 0 spiro atoms. The van der Waals surface area contributed by atoms with E-state index in [4.69, 9.17) is 18.9 Å². The summed E-state index contributed by atoms with van der Waals surface area (Å²) in [4.78, 5) is 25.6. The molecule has 0 atom stereocenters. The third-order valence-electron chi connectivity index (χ3n) is 6.97. The van der Waals surface area contributed by atoms with E-state index in [0.717, 1.165) is 25.7 Å². The van der Waals surface area contributed by atoms with E-state index >= 15 is 0 Å². The molecule has 0 aliphatic carbocycles. The summed E-state index contributed by atoms with van der Waals surface area (Å²) in [5.41, 5.74) is 0.749. The topological polar surface area (TPSA) is 71.1 Å². The molecule has 0 unspecified atom stereocenters. The maximum atomic E-state index is 12.8. The lowest BCUT2D eigenvalue weighted by Gasteiger charge is -2.11. The fourth-order valence-electron chi connectivity index (χ4n) is 4.46. The highest BCUT2D eigenvalue weighted by Gasteiger charge is 2.16. The van der Waals surface area contributed by atoms with Gasteiger partial charge in [0.1, 0.15) is 11.5 Å². The van der Waals surface area contributed by atoms with Crippen molar-refractivity contribution in [2.24, 2.45) is 0 Å². The average molecular weight is 575 g/mol. The monoisotopic (exact) mass is 574 g/mol. The molecule has 0 aromatic heterocycles. The van der Waals surface area contributed by atoms with Crippen LogP contribution in [0, 0.1) is 0 Å². The second kappa shape index (κ2) is 19.3. The molecule has 0 N–H and O–H groups in total. The second-order valence-electron chi connectivity index (χ2n) is 10.5. The fraction of sp³-hybridized carbons (Fsp3) is 0.444. The first-order chi connectivity index (χ1) is 20.6. The minimum Gasteiger partial charge on any atom is -0.494 e. The van der Waals surface area contributed by atoms with Crippen LogP contribution in [0.4, 0.5) is 0 Å². The molecule has 0 radical (unpaired) electrons. The summed E-state index contributed by atoms with van der Waals surface area (Å²) in [5, 5.41) is 0. The molecule has 3 aromatic carbocycles. The van der Waals surface area contributed by atoms with E-state index in [0.29, 0.717) is 35.8 Å². The number of hydrogen-bond acceptors (Lipinski definition) is 6. The first-order valence-electron chi connectivity index (χ1n) is 15.6. The predicted molar refractivity (Wildman–Crippen MR) is 167 cm³/mol. The molecular formula is C36H46O6. The number of para-hydroxylation sites is 2. The standard InChI is InChI=1S/C36H46O6/c1-3-5-7-9-11-15-27-39-31-23-19-29(20-24-31)35(37)41-33-17-13-14-18-34(33)42-36(38)30-21-25-32(26-22-30)40-28-16-12-10-8-6-4-2/h13-14,17-26H,3-12,15-16,27-28H2,1-2H3. The molecule has 226 valence electrons. The zero-order chi connectivity index (χ0) is 29.8. The number of rotatable bonds is 20. The van der Waals surface area contributed by atoms with Gasteiger partial charge in [-0.2, -0.15) is 0 Å². The molecule has 42 heavy (non-hydrogen) atoms. The summed E-state index contributed by atoms with van der Waals surface area (Å²) < 4.78 is 22.8. The fourth-order valence-corrected chi connectivity index (χ4v) is 4.46. The van der Waals surface area contributed by atoms with Crippen LogP contribution in [-0.2, 0) is 0 Å². The molecule has 0 bridgehead atoms. The summed E-state index contributed by atoms with van der Waals surface area (Å²) in [6.07, 6.45) is 14.4. The van der Waals surface area contributed by atoms with Crippen LogP contribution in [0.1, 0.15) is 112 Å². The minimum absolute atomic E-state index is 0.165. The highest BCUT2D eigenvalue weighted by atomic mass is 16.6. The van der Waals surface area contributed by atoms with Crippen LogP contribution in [0.15, 0.2) is 72.8 Å². The minimum atomic E-state index is -0.548. The van der Waals surface area contributed by atoms with Crippen LogP contribution in [0.2, 0.25) is 0 Å². The van der Waals surface area contributed by atoms with Crippen LogP contribution in [-0.4, -0.2) is 25.2 Å². The SMILES string of the molecule is CCCCCCCCOc1ccc(C(=O)Oc2ccccc2OC(=O)c2ccc(OCCCCCCCC)cc2)cc1. The van der Waals surface area contributed by atoms with Gasteiger partial charge in [0.15, 0.2) is 11.5 Å². The number of esters is 2. The van der Waals surface area contributed by atoms with Crippen molar-refractivity contribution in [1.29, 1.82) is 0 Å². The number of benzene rings is 3. The Morgan fingerprint density at radius 1 is 0.476 bits per heavy atom. The van der Waals surface area contributed by atoms with Crippen LogP contribution in [0.5, 0.6) is 23.0 Å². The quantitative estimate of drug-likeness (QED) is 0.0760. The van der Waals surface area contributed by atoms with Gasteiger partial charge in [-0.15, -0.1) is 0 Å². The molecule has 0 saturated heterocycles. The van der Waals surface area contributed by atoms with Crippen LogP contribution in [0.3, 0.4) is 0 Å². The Morgan fingerprint density at radius 3 is 1.21 bits per heavy atom. The molecule has 3 rings (SSSR count). The van der Waals surface area contributed by atoms with Crippen molar-refractivity contribution in [2.45, 2.75) is 90.9 Å². The van der Waals surface area contributed by atoms with Crippen molar-refractivity contribution in [2.75, 3.05) is 13.2 Å². The lowest BCUT2D eigenvalue weighted by Crippen LogP contribution is -2.12. The van der Waals surface area contributed by atoms with Gasteiger partial charge in [-0.05, 0) is 73.5 Å². The Bertz CT molecular complexity index is 1090. The van der Waals surface area contributed by atoms with Crippen molar-refractivity contribution < 1.29 is 28.5 Å². The third kappa shape index (κ3) is 12.0. The largest absolute Gasteiger partial charge is 0.494 e. The van der Waals surface area contributed by atoms with Crippen LogP contribution in [0.25, 0.3) is 0 Å². The number of carbonyl (C=O) groups is 2. The molecule has 0 aliphatic rings. The Morgan fingerprint density at radius 2 is 0.833 bits per heavy atom. The van der Waals surface area contributed by atoms with E-state index in [2.05, 4.69) is 13.8 Å². The van der Waals surface area contributed by atoms with E-state index in [9.17, 15) is 9.59 Å². The van der Waals surface area contributed by atoms with E-state index < -0.39 is 11.9 Å². The summed E-state index contributed by atoms with van der Waals surface area (Å²) in [5.74, 6) is 0.665. The normalized spacial score (nSPS) is 10.7. The van der Waals surface area contributed by atoms with Crippen molar-refractivity contribution in [3.63, 3.8) is 0 Å². The van der Waals surface area contributed by atoms with Crippen molar-refractivity contribution >= 4 is 11.9 Å². The molecule has 0 fully saturated rings. The Labute approximate surface area is 251 Å². The zero-order valence-corrected chi connectivity index (χ0v) is 25.3. The van der Waals surface area contributed by atoms with Crippen molar-refractivity contribution in [3.05, 3.63) is 83.9 Å². The molecule has 0 saturated carbocycles. The van der Waals surface area contributed by atoms with Gasteiger partial charge in [0.05, 0.1) is 24.3 Å². The van der Waals surface area contributed by atoms with E-state index in [-0.39, 0.29) is 11.5 Å². The number of ether oxygens (including phenoxy) is 4. The van der Waals surface area contributed by atoms with E-state index in [1.807, 2.05) is 0 Å². The summed E-state index contributed by atoms with van der Waals surface area (Å²) in [7, 11) is 0. The molecule has 0 heterocycles. The van der Waals surface area contributed by atoms with Gasteiger partial charge in [-0.25, -0.2) is 9.59 Å². The first-order valence-corrected chi connectivity index (χ1v) is 15.6. The molecule has 6 heteroatoms. The number of carbonyl (C=O) groups excluding carboxylic acids is 2. The van der Waals surface area contributed by atoms with Crippen molar-refractivity contribution in [1.82, 2.24) is 0 Å². The summed E-state index contributed by atoms with van der Waals surface area (Å²) >= 11 is 0. The predicted octanol–water partition coefficient (Wildman–Crippen LogP) is 9.60. The number of hydrogen-bond donors (Lipinski definition) is 0. The second-order valence-corrected chi connectivity index (χ2v) is 10.5. The van der Waals surface area contributed by atoms with E-state index in [1.54, 1.807) is 72.8 Å². The molecule has 3 aromatic rings. The van der Waals surface area contributed by atoms with Gasteiger partial charge >= 0.3 is 11.9 Å². The highest BCUT2D eigenvalue weighted by Crippen LogP contribution is 2.29. The Hall–Kier alpha value is -3.80. The molecule has 6 nitrogen and oxygen atoms in total. The van der Waals surface area contributed by atoms with E-state index in [1.165, 1.54) is 51.4 Å². The van der Waals surface area contributed by atoms with Gasteiger partial charge in [-0.3, -0.25) is 0 Å². The average Bonchev–Trinajstić information content (AvgIpc) is 3.01. The molecule has 0 aliphatic heterocycles. The first kappa shape index (κ1) is 32.7. The number of unbranched alkanes of at least 4 members (excludes halogenated alkanes) is 10. The van der Waals surface area contributed by atoms with Crippen molar-refractivity contribution in [3.8, 4) is 23.0 Å². The Kier molecular flexibility index (Phi) is 15.1. The van der Waals surface area contributed by atoms with Crippen LogP contribution >= 0.6 is 0 Å². The van der Waals surface area contributed by atoms with Gasteiger partial charge < -0.3 is 18.9 Å². The molecule has 0 amide bonds. The van der Waals surface area contributed by atoms with Gasteiger partial charge in [0.25, 0.3) is 0 Å². The van der Waals surface area contributed by atoms with Crippen LogP contribution < -0.4 is 18.9 Å². The highest BCUT2D eigenvalue weighted by molar-refractivity contribution is 5.93. The van der Waals surface area contributed by atoms with Gasteiger partial charge in [-0.1, -0.05) is 90.2 Å². The maximum absolute atomic E-state index is 12.8. The summed E-state index contributed by atoms with van der Waals surface area (Å²) in [6, 6.07) is 20.4. The Balaban J connectivity index is 1.46. The maximum Gasteiger partial charge on any atom is 0.343 e. The zero-order valence-electron chi connectivity index (χ0n) is 25.3. The lowest BCUT2D eigenvalue weighted by molar-refractivity contribution is 0.0682.